The third-order valence-electron chi connectivity index (χ3n) is 3.65. The van der Waals surface area contributed by atoms with Gasteiger partial charge in [-0.2, -0.15) is 5.26 Å². The fourth-order valence-corrected chi connectivity index (χ4v) is 2.90. The third kappa shape index (κ3) is 2.14. The molecule has 0 atom stereocenters. The number of nitrogens with one attached hydrogen (secondary N) is 1. The van der Waals surface area contributed by atoms with E-state index in [1.807, 2.05) is 4.57 Å². The lowest BCUT2D eigenvalue weighted by atomic mass is 10.1. The lowest BCUT2D eigenvalue weighted by Gasteiger charge is -2.09. The number of hydrogen-bond donors (Lipinski definition) is 2. The lowest BCUT2D eigenvalue weighted by Crippen LogP contribution is -2.18. The molecule has 6 heteroatoms. The third-order valence-corrected chi connectivity index (χ3v) is 3.98. The van der Waals surface area contributed by atoms with E-state index in [2.05, 4.69) is 11.4 Å². The van der Waals surface area contributed by atoms with E-state index in [1.54, 1.807) is 24.3 Å². The molecule has 0 aliphatic carbocycles. The highest BCUT2D eigenvalue weighted by molar-refractivity contribution is 6.34. The van der Waals surface area contributed by atoms with Crippen molar-refractivity contribution in [2.75, 3.05) is 11.1 Å². The summed E-state index contributed by atoms with van der Waals surface area (Å²) < 4.78 is 1.83. The Labute approximate surface area is 126 Å². The highest BCUT2D eigenvalue weighted by atomic mass is 35.5. The monoisotopic (exact) mass is 300 g/mol. The zero-order valence-corrected chi connectivity index (χ0v) is 11.9. The summed E-state index contributed by atoms with van der Waals surface area (Å²) in [6, 6.07) is 9.08. The largest absolute Gasteiger partial charge is 0.396 e. The van der Waals surface area contributed by atoms with E-state index in [-0.39, 0.29) is 11.6 Å². The summed E-state index contributed by atoms with van der Waals surface area (Å²) in [5.74, 6) is -0.342. The lowest BCUT2D eigenvalue weighted by molar-refractivity contribution is 0.101. The Kier molecular flexibility index (Phi) is 3.32. The molecule has 21 heavy (non-hydrogen) atoms. The number of nitriles is 1. The van der Waals surface area contributed by atoms with E-state index in [9.17, 15) is 10.1 Å². The van der Waals surface area contributed by atoms with E-state index < -0.39 is 0 Å². The number of anilines is 2. The molecule has 2 aromatic rings. The van der Waals surface area contributed by atoms with Crippen molar-refractivity contribution >= 4 is 28.9 Å². The smallest absolute Gasteiger partial charge is 0.274 e. The maximum atomic E-state index is 12.5. The zero-order chi connectivity index (χ0) is 15.0. The molecule has 1 aromatic carbocycles. The van der Waals surface area contributed by atoms with Crippen LogP contribution in [0.3, 0.4) is 0 Å². The Morgan fingerprint density at radius 3 is 2.90 bits per heavy atom. The summed E-state index contributed by atoms with van der Waals surface area (Å²) in [6.07, 6.45) is 1.68. The van der Waals surface area contributed by atoms with Crippen molar-refractivity contribution in [3.63, 3.8) is 0 Å². The van der Waals surface area contributed by atoms with Gasteiger partial charge < -0.3 is 15.6 Å². The maximum Gasteiger partial charge on any atom is 0.274 e. The van der Waals surface area contributed by atoms with Gasteiger partial charge >= 0.3 is 0 Å². The maximum absolute atomic E-state index is 12.5. The topological polar surface area (TPSA) is 83.8 Å². The van der Waals surface area contributed by atoms with Gasteiger partial charge in [0.2, 0.25) is 0 Å². The molecule has 3 rings (SSSR count). The number of carbonyl (C=O) groups excluding carboxylic acids is 1. The van der Waals surface area contributed by atoms with Gasteiger partial charge in [-0.05, 0) is 25.0 Å². The second-order valence-electron chi connectivity index (χ2n) is 4.88. The molecule has 1 aliphatic heterocycles. The molecule has 1 amide bonds. The molecule has 1 aromatic heterocycles. The molecule has 106 valence electrons. The number of nitrogens with two attached hydrogens (primary N) is 1. The molecular formula is C15H13ClN4O. The van der Waals surface area contributed by atoms with Gasteiger partial charge in [0.05, 0.1) is 22.0 Å². The van der Waals surface area contributed by atoms with Crippen LogP contribution in [0.5, 0.6) is 0 Å². The van der Waals surface area contributed by atoms with E-state index in [4.69, 9.17) is 17.3 Å². The minimum Gasteiger partial charge on any atom is -0.396 e. The molecule has 0 fully saturated rings. The van der Waals surface area contributed by atoms with E-state index in [0.717, 1.165) is 18.5 Å². The van der Waals surface area contributed by atoms with Crippen molar-refractivity contribution in [2.24, 2.45) is 0 Å². The van der Waals surface area contributed by atoms with Gasteiger partial charge in [0, 0.05) is 12.2 Å². The molecule has 0 saturated heterocycles. The van der Waals surface area contributed by atoms with Gasteiger partial charge in [0.25, 0.3) is 5.91 Å². The number of para-hydroxylation sites is 1. The van der Waals surface area contributed by atoms with Crippen molar-refractivity contribution in [3.05, 3.63) is 46.2 Å². The van der Waals surface area contributed by atoms with Gasteiger partial charge in [0.1, 0.15) is 11.8 Å². The molecule has 0 saturated carbocycles. The predicted octanol–water partition coefficient (Wildman–Crippen LogP) is 2.79. The molecule has 2 heterocycles. The molecule has 0 bridgehead atoms. The average molecular weight is 301 g/mol. The normalized spacial score (nSPS) is 12.8. The van der Waals surface area contributed by atoms with Crippen molar-refractivity contribution in [2.45, 2.75) is 19.4 Å². The van der Waals surface area contributed by atoms with Gasteiger partial charge in [-0.15, -0.1) is 0 Å². The first-order valence-corrected chi connectivity index (χ1v) is 6.98. The summed E-state index contributed by atoms with van der Waals surface area (Å²) in [7, 11) is 0. The van der Waals surface area contributed by atoms with Crippen LogP contribution in [0.15, 0.2) is 24.3 Å². The summed E-state index contributed by atoms with van der Waals surface area (Å²) in [4.78, 5) is 12.5. The fourth-order valence-electron chi connectivity index (χ4n) is 2.71. The Morgan fingerprint density at radius 2 is 2.19 bits per heavy atom. The molecule has 5 nitrogen and oxygen atoms in total. The van der Waals surface area contributed by atoms with Crippen LogP contribution in [0.1, 0.15) is 28.2 Å². The number of hydrogen-bond acceptors (Lipinski definition) is 3. The summed E-state index contributed by atoms with van der Waals surface area (Å²) >= 11 is 6.04. The van der Waals surface area contributed by atoms with E-state index in [0.29, 0.717) is 28.5 Å². The van der Waals surface area contributed by atoms with Crippen molar-refractivity contribution < 1.29 is 4.79 Å². The standard InChI is InChI=1S/C15H13ClN4O/c16-10-4-1-2-5-11(10)19-15(21)14-13(18)9(8-17)12-6-3-7-20(12)14/h1-2,4-5H,3,6-7,18H2,(H,19,21). The molecule has 1 aliphatic rings. The number of amides is 1. The predicted molar refractivity (Wildman–Crippen MR) is 81.3 cm³/mol. The molecule has 3 N–H and O–H groups in total. The van der Waals surface area contributed by atoms with Crippen LogP contribution in [-0.4, -0.2) is 10.5 Å². The number of nitrogen functional groups attached to an aromatic ring is 1. The van der Waals surface area contributed by atoms with Gasteiger partial charge in [-0.25, -0.2) is 0 Å². The quantitative estimate of drug-likeness (QED) is 0.894. The highest BCUT2D eigenvalue weighted by Gasteiger charge is 2.28. The number of fused-ring (bicyclic) bond motifs is 1. The van der Waals surface area contributed by atoms with Crippen LogP contribution in [0.2, 0.25) is 5.02 Å². The van der Waals surface area contributed by atoms with Gasteiger partial charge in [-0.3, -0.25) is 4.79 Å². The molecular weight excluding hydrogens is 288 g/mol. The summed E-state index contributed by atoms with van der Waals surface area (Å²) in [5, 5.41) is 12.4. The molecule has 0 radical (unpaired) electrons. The number of aromatic nitrogens is 1. The fraction of sp³-hybridized carbons (Fsp3) is 0.200. The van der Waals surface area contributed by atoms with E-state index in [1.165, 1.54) is 0 Å². The first-order valence-electron chi connectivity index (χ1n) is 6.60. The van der Waals surface area contributed by atoms with Crippen molar-refractivity contribution in [1.29, 1.82) is 5.26 Å². The number of halogens is 1. The zero-order valence-electron chi connectivity index (χ0n) is 11.2. The van der Waals surface area contributed by atoms with Gasteiger partial charge in [-0.1, -0.05) is 23.7 Å². The number of benzene rings is 1. The SMILES string of the molecule is N#Cc1c(N)c(C(=O)Nc2ccccc2Cl)n2c1CCC2. The Hall–Kier alpha value is -2.45. The second-order valence-corrected chi connectivity index (χ2v) is 5.29. The second kappa shape index (κ2) is 5.15. The van der Waals surface area contributed by atoms with Gasteiger partial charge in [0.15, 0.2) is 0 Å². The number of carbonyl (C=O) groups is 1. The minimum atomic E-state index is -0.342. The first-order chi connectivity index (χ1) is 10.1. The molecule has 0 unspecified atom stereocenters. The Bertz CT molecular complexity index is 773. The van der Waals surface area contributed by atoms with Crippen molar-refractivity contribution in [3.8, 4) is 6.07 Å². The van der Waals surface area contributed by atoms with Crippen LogP contribution in [-0.2, 0) is 13.0 Å². The average Bonchev–Trinajstić information content (AvgIpc) is 3.00. The molecule has 0 spiro atoms. The summed E-state index contributed by atoms with van der Waals surface area (Å²) in [6.45, 7) is 0.701. The number of rotatable bonds is 2. The first kappa shape index (κ1) is 13.5. The highest BCUT2D eigenvalue weighted by Crippen LogP contribution is 2.31. The Balaban J connectivity index is 2.00. The summed E-state index contributed by atoms with van der Waals surface area (Å²) in [5.41, 5.74) is 8.36. The van der Waals surface area contributed by atoms with Crippen LogP contribution >= 0.6 is 11.6 Å². The Morgan fingerprint density at radius 1 is 1.43 bits per heavy atom. The van der Waals surface area contributed by atoms with Crippen molar-refractivity contribution in [1.82, 2.24) is 4.57 Å². The number of nitrogens with zero attached hydrogens (tertiary/aromatic N) is 2. The van der Waals surface area contributed by atoms with Crippen LogP contribution < -0.4 is 11.1 Å². The van der Waals surface area contributed by atoms with Crippen LogP contribution in [0, 0.1) is 11.3 Å². The minimum absolute atomic E-state index is 0.247. The van der Waals surface area contributed by atoms with E-state index >= 15 is 0 Å². The van der Waals surface area contributed by atoms with Crippen LogP contribution in [0.4, 0.5) is 11.4 Å². The van der Waals surface area contributed by atoms with Crippen LogP contribution in [0.25, 0.3) is 0 Å².